The molecule has 0 unspecified atom stereocenters. The minimum absolute atomic E-state index is 0.432. The average molecular weight is 198 g/mol. The summed E-state index contributed by atoms with van der Waals surface area (Å²) in [5.41, 5.74) is 5.97. The summed E-state index contributed by atoms with van der Waals surface area (Å²) in [4.78, 5) is 2.64. The first-order valence-electron chi connectivity index (χ1n) is 5.86. The summed E-state index contributed by atoms with van der Waals surface area (Å²) >= 11 is 0. The van der Waals surface area contributed by atoms with Crippen molar-refractivity contribution in [2.24, 2.45) is 5.73 Å². The van der Waals surface area contributed by atoms with Crippen LogP contribution in [0.3, 0.4) is 0 Å². The van der Waals surface area contributed by atoms with Gasteiger partial charge in [-0.1, -0.05) is 0 Å². The van der Waals surface area contributed by atoms with E-state index in [1.54, 1.807) is 0 Å². The molecule has 3 nitrogen and oxygen atoms in total. The van der Waals surface area contributed by atoms with E-state index in [9.17, 15) is 0 Å². The quantitative estimate of drug-likeness (QED) is 0.682. The minimum Gasteiger partial charge on any atom is -0.381 e. The molecule has 0 aliphatic carbocycles. The highest BCUT2D eigenvalue weighted by Gasteiger charge is 2.29. The lowest BCUT2D eigenvalue weighted by atomic mass is 9.95. The maximum Gasteiger partial charge on any atom is 0.0480 e. The summed E-state index contributed by atoms with van der Waals surface area (Å²) in [6.45, 7) is 5.39. The van der Waals surface area contributed by atoms with E-state index in [4.69, 9.17) is 10.5 Å². The first-order valence-corrected chi connectivity index (χ1v) is 5.86. The predicted octanol–water partition coefficient (Wildman–Crippen LogP) is 0.977. The van der Waals surface area contributed by atoms with Gasteiger partial charge >= 0.3 is 0 Å². The largest absolute Gasteiger partial charge is 0.381 e. The van der Waals surface area contributed by atoms with Gasteiger partial charge in [0, 0.05) is 37.9 Å². The predicted molar refractivity (Wildman–Crippen MR) is 57.2 cm³/mol. The van der Waals surface area contributed by atoms with Crippen molar-refractivity contribution in [2.45, 2.75) is 50.7 Å². The van der Waals surface area contributed by atoms with E-state index < -0.39 is 0 Å². The third kappa shape index (κ3) is 2.27. The van der Waals surface area contributed by atoms with E-state index in [1.165, 1.54) is 25.8 Å². The topological polar surface area (TPSA) is 38.5 Å². The summed E-state index contributed by atoms with van der Waals surface area (Å²) in [5, 5.41) is 0. The van der Waals surface area contributed by atoms with Gasteiger partial charge < -0.3 is 10.5 Å². The molecular weight excluding hydrogens is 176 g/mol. The molecule has 0 saturated carbocycles. The van der Waals surface area contributed by atoms with Crippen molar-refractivity contribution < 1.29 is 4.74 Å². The zero-order valence-corrected chi connectivity index (χ0v) is 9.11. The summed E-state index contributed by atoms with van der Waals surface area (Å²) in [7, 11) is 0. The molecule has 0 aromatic rings. The van der Waals surface area contributed by atoms with Crippen molar-refractivity contribution >= 4 is 0 Å². The van der Waals surface area contributed by atoms with Crippen LogP contribution in [0.15, 0.2) is 0 Å². The lowest BCUT2D eigenvalue weighted by Gasteiger charge is -2.43. The monoisotopic (exact) mass is 198 g/mol. The Kier molecular flexibility index (Phi) is 3.42. The number of rotatable bonds is 1. The fourth-order valence-corrected chi connectivity index (χ4v) is 2.79. The summed E-state index contributed by atoms with van der Waals surface area (Å²) < 4.78 is 5.40. The van der Waals surface area contributed by atoms with Crippen molar-refractivity contribution in [3.05, 3.63) is 0 Å². The van der Waals surface area contributed by atoms with Crippen LogP contribution in [-0.4, -0.2) is 42.8 Å². The number of nitrogens with zero attached hydrogens (tertiary/aromatic N) is 1. The molecule has 3 heteroatoms. The summed E-state index contributed by atoms with van der Waals surface area (Å²) in [6, 6.07) is 1.86. The lowest BCUT2D eigenvalue weighted by Crippen LogP contribution is -2.51. The van der Waals surface area contributed by atoms with Crippen molar-refractivity contribution in [2.75, 3.05) is 19.8 Å². The Bertz CT molecular complexity index is 180. The number of hydrogen-bond donors (Lipinski definition) is 1. The third-order valence-corrected chi connectivity index (χ3v) is 3.63. The van der Waals surface area contributed by atoms with Crippen LogP contribution in [0.4, 0.5) is 0 Å². The Labute approximate surface area is 86.6 Å². The molecule has 2 heterocycles. The Morgan fingerprint density at radius 2 is 1.93 bits per heavy atom. The normalized spacial score (nSPS) is 37.3. The molecule has 82 valence electrons. The fourth-order valence-electron chi connectivity index (χ4n) is 2.79. The third-order valence-electron chi connectivity index (χ3n) is 3.63. The smallest absolute Gasteiger partial charge is 0.0480 e. The maximum atomic E-state index is 5.97. The van der Waals surface area contributed by atoms with Crippen LogP contribution in [0.5, 0.6) is 0 Å². The molecule has 0 amide bonds. The highest BCUT2D eigenvalue weighted by molar-refractivity contribution is 4.86. The van der Waals surface area contributed by atoms with Crippen molar-refractivity contribution in [1.29, 1.82) is 0 Å². The summed E-state index contributed by atoms with van der Waals surface area (Å²) in [6.07, 6.45) is 4.75. The van der Waals surface area contributed by atoms with Gasteiger partial charge in [0.2, 0.25) is 0 Å². The lowest BCUT2D eigenvalue weighted by molar-refractivity contribution is 0.00610. The molecule has 14 heavy (non-hydrogen) atoms. The molecule has 2 saturated heterocycles. The van der Waals surface area contributed by atoms with Crippen LogP contribution in [-0.2, 0) is 4.74 Å². The van der Waals surface area contributed by atoms with E-state index in [0.717, 1.165) is 25.7 Å². The Morgan fingerprint density at radius 1 is 1.21 bits per heavy atom. The highest BCUT2D eigenvalue weighted by atomic mass is 16.5. The zero-order valence-electron chi connectivity index (χ0n) is 9.11. The second kappa shape index (κ2) is 4.60. The van der Waals surface area contributed by atoms with Crippen molar-refractivity contribution in [3.63, 3.8) is 0 Å². The average Bonchev–Trinajstić information content (AvgIpc) is 2.19. The van der Waals surface area contributed by atoms with Gasteiger partial charge in [0.1, 0.15) is 0 Å². The molecule has 0 spiro atoms. The van der Waals surface area contributed by atoms with Gasteiger partial charge in [0.05, 0.1) is 0 Å². The molecular formula is C11H22N2O. The first-order chi connectivity index (χ1) is 6.77. The molecule has 2 rings (SSSR count). The van der Waals surface area contributed by atoms with E-state index in [-0.39, 0.29) is 0 Å². The Balaban J connectivity index is 1.89. The Hall–Kier alpha value is -0.120. The van der Waals surface area contributed by atoms with Crippen molar-refractivity contribution in [1.82, 2.24) is 4.90 Å². The molecule has 0 aromatic carbocycles. The van der Waals surface area contributed by atoms with Gasteiger partial charge in [-0.15, -0.1) is 0 Å². The van der Waals surface area contributed by atoms with Crippen LogP contribution in [0.1, 0.15) is 32.6 Å². The summed E-state index contributed by atoms with van der Waals surface area (Å²) in [5.74, 6) is 0. The van der Waals surface area contributed by atoms with E-state index in [0.29, 0.717) is 12.1 Å². The molecule has 0 radical (unpaired) electrons. The van der Waals surface area contributed by atoms with E-state index >= 15 is 0 Å². The van der Waals surface area contributed by atoms with Crippen LogP contribution >= 0.6 is 0 Å². The van der Waals surface area contributed by atoms with Crippen LogP contribution in [0, 0.1) is 0 Å². The minimum atomic E-state index is 0.432. The number of nitrogens with two attached hydrogens (primary N) is 1. The fraction of sp³-hybridized carbons (Fsp3) is 1.00. The Morgan fingerprint density at radius 3 is 2.57 bits per heavy atom. The number of piperidine rings is 1. The van der Waals surface area contributed by atoms with Gasteiger partial charge in [-0.3, -0.25) is 4.90 Å². The number of ether oxygens (including phenoxy) is 1. The molecule has 2 fully saturated rings. The SMILES string of the molecule is C[C@@H]1C[C@H](N)CCN1C1CCOCC1. The zero-order chi connectivity index (χ0) is 9.97. The molecule has 0 aromatic heterocycles. The van der Waals surface area contributed by atoms with Gasteiger partial charge in [-0.2, -0.15) is 0 Å². The molecule has 2 atom stereocenters. The van der Waals surface area contributed by atoms with Crippen LogP contribution < -0.4 is 5.73 Å². The van der Waals surface area contributed by atoms with Gasteiger partial charge in [0.25, 0.3) is 0 Å². The van der Waals surface area contributed by atoms with Gasteiger partial charge in [-0.25, -0.2) is 0 Å². The van der Waals surface area contributed by atoms with Crippen molar-refractivity contribution in [3.8, 4) is 0 Å². The van der Waals surface area contributed by atoms with Crippen LogP contribution in [0.2, 0.25) is 0 Å². The second-order valence-corrected chi connectivity index (χ2v) is 4.71. The van der Waals surface area contributed by atoms with E-state index in [2.05, 4.69) is 11.8 Å². The van der Waals surface area contributed by atoms with E-state index in [1.807, 2.05) is 0 Å². The van der Waals surface area contributed by atoms with Gasteiger partial charge in [-0.05, 0) is 32.6 Å². The molecule has 2 aliphatic heterocycles. The molecule has 0 bridgehead atoms. The van der Waals surface area contributed by atoms with Gasteiger partial charge in [0.15, 0.2) is 0 Å². The number of hydrogen-bond acceptors (Lipinski definition) is 3. The second-order valence-electron chi connectivity index (χ2n) is 4.71. The maximum absolute atomic E-state index is 5.97. The highest BCUT2D eigenvalue weighted by Crippen LogP contribution is 2.23. The van der Waals surface area contributed by atoms with Crippen LogP contribution in [0.25, 0.3) is 0 Å². The number of likely N-dealkylation sites (tertiary alicyclic amines) is 1. The molecule has 2 N–H and O–H groups in total. The molecule has 2 aliphatic rings. The standard InChI is InChI=1S/C11H22N2O/c1-9-8-10(12)2-5-13(9)11-3-6-14-7-4-11/h9-11H,2-8,12H2,1H3/t9-,10-/m1/s1. The first kappa shape index (κ1) is 10.4.